The molecule has 0 amide bonds. The SMILES string of the molecule is Cc1noc(C)c1Cn1c(=O)c(C2=NS(O)(O)c3ccccc3N2)c(O)c2cccnc21. The Kier molecular flexibility index (Phi) is 4.55. The lowest BCUT2D eigenvalue weighted by atomic mass is 10.1. The number of benzene rings is 1. The molecule has 1 aromatic carbocycles. The molecule has 32 heavy (non-hydrogen) atoms. The molecule has 164 valence electrons. The molecule has 0 unspecified atom stereocenters. The Hall–Kier alpha value is -3.67. The zero-order valence-electron chi connectivity index (χ0n) is 17.1. The molecule has 10 nitrogen and oxygen atoms in total. The van der Waals surface area contributed by atoms with Crippen molar-refractivity contribution in [3.05, 3.63) is 75.5 Å². The number of aryl methyl sites for hydroxylation is 2. The Balaban J connectivity index is 1.77. The highest BCUT2D eigenvalue weighted by Crippen LogP contribution is 2.55. The van der Waals surface area contributed by atoms with Gasteiger partial charge < -0.3 is 14.9 Å². The quantitative estimate of drug-likeness (QED) is 0.368. The van der Waals surface area contributed by atoms with Gasteiger partial charge >= 0.3 is 0 Å². The molecule has 4 N–H and O–H groups in total. The number of nitrogens with zero attached hydrogens (tertiary/aromatic N) is 4. The molecule has 0 fully saturated rings. The van der Waals surface area contributed by atoms with E-state index in [1.54, 1.807) is 44.2 Å². The van der Waals surface area contributed by atoms with E-state index in [4.69, 9.17) is 4.52 Å². The molecular formula is C21H19N5O5S. The minimum Gasteiger partial charge on any atom is -0.506 e. The summed E-state index contributed by atoms with van der Waals surface area (Å²) in [5.74, 6) is 0.0720. The monoisotopic (exact) mass is 453 g/mol. The standard InChI is InChI=1S/C21H19N5O5S/c1-11-14(12(2)31-24-11)10-26-20-13(6-5-9-22-20)18(27)17(21(26)28)19-23-15-7-3-4-8-16(15)32(29,30)25-19/h3-9,27,29-30H,10H2,1-2H3,(H,23,25). The van der Waals surface area contributed by atoms with E-state index in [1.807, 2.05) is 0 Å². The fraction of sp³-hybridized carbons (Fsp3) is 0.143. The largest absolute Gasteiger partial charge is 0.506 e. The number of pyridine rings is 2. The first-order valence-corrected chi connectivity index (χ1v) is 11.1. The van der Waals surface area contributed by atoms with Crippen LogP contribution in [-0.2, 0) is 6.54 Å². The Morgan fingerprint density at radius 2 is 1.94 bits per heavy atom. The maximum atomic E-state index is 13.6. The lowest BCUT2D eigenvalue weighted by Crippen LogP contribution is -2.32. The van der Waals surface area contributed by atoms with Crippen LogP contribution in [0.15, 0.2) is 61.2 Å². The Morgan fingerprint density at radius 1 is 1.16 bits per heavy atom. The lowest BCUT2D eigenvalue weighted by molar-refractivity contribution is 0.392. The number of hydrogen-bond donors (Lipinski definition) is 4. The molecule has 3 aromatic heterocycles. The Labute approximate surface area is 183 Å². The second-order valence-electron chi connectivity index (χ2n) is 7.37. The zero-order chi connectivity index (χ0) is 22.6. The highest BCUT2D eigenvalue weighted by atomic mass is 32.3. The van der Waals surface area contributed by atoms with Gasteiger partial charge in [-0.15, -0.1) is 4.40 Å². The lowest BCUT2D eigenvalue weighted by Gasteiger charge is -2.34. The van der Waals surface area contributed by atoms with Crippen molar-refractivity contribution in [1.29, 1.82) is 0 Å². The summed E-state index contributed by atoms with van der Waals surface area (Å²) < 4.78 is 31.8. The van der Waals surface area contributed by atoms with Crippen molar-refractivity contribution < 1.29 is 18.7 Å². The summed E-state index contributed by atoms with van der Waals surface area (Å²) in [5, 5.41) is 18.2. The van der Waals surface area contributed by atoms with Crippen molar-refractivity contribution >= 4 is 33.3 Å². The number of fused-ring (bicyclic) bond motifs is 2. The van der Waals surface area contributed by atoms with Gasteiger partial charge in [0.1, 0.15) is 27.6 Å². The minimum atomic E-state index is -3.58. The second kappa shape index (κ2) is 7.19. The first-order chi connectivity index (χ1) is 15.3. The van der Waals surface area contributed by atoms with E-state index >= 15 is 0 Å². The molecule has 11 heteroatoms. The normalized spacial score (nSPS) is 15.7. The van der Waals surface area contributed by atoms with Crippen LogP contribution in [-0.4, -0.2) is 34.8 Å². The summed E-state index contributed by atoms with van der Waals surface area (Å²) in [6, 6.07) is 9.81. The number of aromatic nitrogens is 3. The van der Waals surface area contributed by atoms with Crippen molar-refractivity contribution in [2.45, 2.75) is 25.3 Å². The summed E-state index contributed by atoms with van der Waals surface area (Å²) in [6.07, 6.45) is 1.52. The number of hydrogen-bond acceptors (Lipinski definition) is 9. The highest BCUT2D eigenvalue weighted by Gasteiger charge is 2.30. The van der Waals surface area contributed by atoms with Gasteiger partial charge in [0, 0.05) is 11.8 Å². The fourth-order valence-corrected chi connectivity index (χ4v) is 4.92. The predicted octanol–water partition coefficient (Wildman–Crippen LogP) is 3.65. The smallest absolute Gasteiger partial charge is 0.267 e. The van der Waals surface area contributed by atoms with E-state index in [9.17, 15) is 19.0 Å². The topological polar surface area (TPSA) is 146 Å². The van der Waals surface area contributed by atoms with E-state index < -0.39 is 16.3 Å². The highest BCUT2D eigenvalue weighted by molar-refractivity contribution is 8.23. The summed E-state index contributed by atoms with van der Waals surface area (Å²) in [7, 11) is -3.58. The number of nitrogens with one attached hydrogen (secondary N) is 1. The maximum Gasteiger partial charge on any atom is 0.267 e. The van der Waals surface area contributed by atoms with Crippen LogP contribution in [0.1, 0.15) is 22.6 Å². The minimum absolute atomic E-state index is 0.0981. The third kappa shape index (κ3) is 3.06. The number of anilines is 1. The third-order valence-electron chi connectivity index (χ3n) is 5.38. The molecule has 4 aromatic rings. The van der Waals surface area contributed by atoms with Crippen molar-refractivity contribution in [3.8, 4) is 5.75 Å². The summed E-state index contributed by atoms with van der Waals surface area (Å²) >= 11 is 0. The van der Waals surface area contributed by atoms with Gasteiger partial charge in [0.2, 0.25) is 0 Å². The molecule has 0 saturated carbocycles. The van der Waals surface area contributed by atoms with Gasteiger partial charge in [0.25, 0.3) is 5.56 Å². The van der Waals surface area contributed by atoms with Gasteiger partial charge in [0.15, 0.2) is 5.84 Å². The average molecular weight is 453 g/mol. The molecule has 0 spiro atoms. The zero-order valence-corrected chi connectivity index (χ0v) is 17.9. The molecule has 0 radical (unpaired) electrons. The molecule has 0 aliphatic carbocycles. The van der Waals surface area contributed by atoms with E-state index in [0.717, 1.165) is 0 Å². The van der Waals surface area contributed by atoms with E-state index in [-0.39, 0.29) is 34.2 Å². The van der Waals surface area contributed by atoms with Gasteiger partial charge in [-0.1, -0.05) is 28.1 Å². The van der Waals surface area contributed by atoms with Crippen LogP contribution in [0.25, 0.3) is 11.0 Å². The fourth-order valence-electron chi connectivity index (χ4n) is 3.75. The Bertz CT molecular complexity index is 1450. The van der Waals surface area contributed by atoms with E-state index in [1.165, 1.54) is 16.8 Å². The van der Waals surface area contributed by atoms with Crippen LogP contribution in [0.2, 0.25) is 0 Å². The predicted molar refractivity (Wildman–Crippen MR) is 120 cm³/mol. The van der Waals surface area contributed by atoms with Gasteiger partial charge in [-0.3, -0.25) is 18.5 Å². The van der Waals surface area contributed by atoms with Crippen LogP contribution in [0.5, 0.6) is 5.75 Å². The van der Waals surface area contributed by atoms with Gasteiger partial charge in [-0.05, 0) is 38.1 Å². The molecule has 0 atom stereocenters. The molecule has 0 bridgehead atoms. The van der Waals surface area contributed by atoms with Crippen LogP contribution in [0.4, 0.5) is 5.69 Å². The molecule has 1 aliphatic rings. The van der Waals surface area contributed by atoms with Crippen LogP contribution < -0.4 is 10.9 Å². The molecule has 5 rings (SSSR count). The molecule has 0 saturated heterocycles. The summed E-state index contributed by atoms with van der Waals surface area (Å²) in [4.78, 5) is 18.1. The van der Waals surface area contributed by atoms with Crippen LogP contribution in [0, 0.1) is 13.8 Å². The van der Waals surface area contributed by atoms with Crippen molar-refractivity contribution in [2.24, 2.45) is 4.40 Å². The van der Waals surface area contributed by atoms with Crippen molar-refractivity contribution in [2.75, 3.05) is 5.32 Å². The van der Waals surface area contributed by atoms with Gasteiger partial charge in [0.05, 0.1) is 23.3 Å². The molecule has 1 aliphatic heterocycles. The number of amidine groups is 1. The average Bonchev–Trinajstić information content (AvgIpc) is 3.08. The van der Waals surface area contributed by atoms with Crippen LogP contribution >= 0.6 is 10.8 Å². The maximum absolute atomic E-state index is 13.6. The number of rotatable bonds is 3. The van der Waals surface area contributed by atoms with Crippen molar-refractivity contribution in [1.82, 2.24) is 14.7 Å². The van der Waals surface area contributed by atoms with Crippen LogP contribution in [0.3, 0.4) is 0 Å². The van der Waals surface area contributed by atoms with Gasteiger partial charge in [-0.2, -0.15) is 0 Å². The first kappa shape index (κ1) is 20.2. The van der Waals surface area contributed by atoms with Crippen molar-refractivity contribution in [3.63, 3.8) is 0 Å². The van der Waals surface area contributed by atoms with E-state index in [2.05, 4.69) is 19.9 Å². The Morgan fingerprint density at radius 3 is 2.69 bits per heavy atom. The number of aromatic hydroxyl groups is 1. The van der Waals surface area contributed by atoms with E-state index in [0.29, 0.717) is 28.1 Å². The third-order valence-corrected chi connectivity index (χ3v) is 6.76. The second-order valence-corrected chi connectivity index (χ2v) is 9.03. The molecular weight excluding hydrogens is 434 g/mol. The molecule has 4 heterocycles. The summed E-state index contributed by atoms with van der Waals surface area (Å²) in [5.41, 5.74) is 1.21. The number of para-hydroxylation sites is 1. The summed E-state index contributed by atoms with van der Waals surface area (Å²) in [6.45, 7) is 3.61. The van der Waals surface area contributed by atoms with Gasteiger partial charge in [-0.25, -0.2) is 4.98 Å². The first-order valence-electron chi connectivity index (χ1n) is 9.64.